The molecule has 2 rings (SSSR count). The molecule has 0 aliphatic rings. The fourth-order valence-corrected chi connectivity index (χ4v) is 2.49. The van der Waals surface area contributed by atoms with E-state index in [2.05, 4.69) is 0 Å². The number of rotatable bonds is 4. The van der Waals surface area contributed by atoms with Crippen molar-refractivity contribution in [3.05, 3.63) is 52.2 Å². The van der Waals surface area contributed by atoms with Crippen LogP contribution < -0.4 is 5.73 Å². The molecule has 0 unspecified atom stereocenters. The van der Waals surface area contributed by atoms with Gasteiger partial charge in [-0.05, 0) is 36.1 Å². The number of benzene rings is 1. The van der Waals surface area contributed by atoms with Crippen LogP contribution in [0.1, 0.15) is 22.2 Å². The van der Waals surface area contributed by atoms with E-state index in [9.17, 15) is 4.79 Å². The number of nitrogen functional groups attached to an aromatic ring is 1. The molecule has 1 heterocycles. The van der Waals surface area contributed by atoms with Gasteiger partial charge in [-0.3, -0.25) is 4.79 Å². The maximum Gasteiger partial charge on any atom is 0.264 e. The van der Waals surface area contributed by atoms with Gasteiger partial charge in [0.05, 0.1) is 4.88 Å². The van der Waals surface area contributed by atoms with Crippen LogP contribution in [0, 0.1) is 0 Å². The van der Waals surface area contributed by atoms with Gasteiger partial charge in [-0.1, -0.05) is 18.2 Å². The van der Waals surface area contributed by atoms with Gasteiger partial charge in [0.1, 0.15) is 0 Å². The summed E-state index contributed by atoms with van der Waals surface area (Å²) in [7, 11) is 0. The van der Waals surface area contributed by atoms with Gasteiger partial charge in [0.2, 0.25) is 0 Å². The van der Waals surface area contributed by atoms with Crippen LogP contribution in [0.2, 0.25) is 0 Å². The topological polar surface area (TPSA) is 46.3 Å². The van der Waals surface area contributed by atoms with Crippen LogP contribution in [0.15, 0.2) is 41.8 Å². The van der Waals surface area contributed by atoms with E-state index in [0.29, 0.717) is 13.1 Å². The molecule has 2 N–H and O–H groups in total. The van der Waals surface area contributed by atoms with Gasteiger partial charge < -0.3 is 10.6 Å². The average molecular weight is 260 g/mol. The summed E-state index contributed by atoms with van der Waals surface area (Å²) >= 11 is 1.47. The van der Waals surface area contributed by atoms with Crippen molar-refractivity contribution >= 4 is 22.9 Å². The molecule has 1 amide bonds. The summed E-state index contributed by atoms with van der Waals surface area (Å²) < 4.78 is 0. The Morgan fingerprint density at radius 3 is 2.78 bits per heavy atom. The van der Waals surface area contributed by atoms with Gasteiger partial charge in [-0.2, -0.15) is 0 Å². The van der Waals surface area contributed by atoms with E-state index in [1.807, 2.05) is 53.6 Å². The Balaban J connectivity index is 2.12. The minimum atomic E-state index is 0.0786. The number of amides is 1. The second-order valence-corrected chi connectivity index (χ2v) is 4.99. The summed E-state index contributed by atoms with van der Waals surface area (Å²) in [6, 6.07) is 11.4. The highest BCUT2D eigenvalue weighted by atomic mass is 32.1. The molecule has 0 saturated carbocycles. The van der Waals surface area contributed by atoms with Crippen LogP contribution in [0.5, 0.6) is 0 Å². The highest BCUT2D eigenvalue weighted by Crippen LogP contribution is 2.15. The Morgan fingerprint density at radius 2 is 2.17 bits per heavy atom. The molecule has 94 valence electrons. The van der Waals surface area contributed by atoms with Crippen molar-refractivity contribution < 1.29 is 4.79 Å². The predicted octanol–water partition coefficient (Wildman–Crippen LogP) is 2.99. The monoisotopic (exact) mass is 260 g/mol. The van der Waals surface area contributed by atoms with E-state index in [1.54, 1.807) is 0 Å². The fourth-order valence-electron chi connectivity index (χ4n) is 1.80. The predicted molar refractivity (Wildman–Crippen MR) is 75.6 cm³/mol. The zero-order chi connectivity index (χ0) is 13.0. The molecule has 4 heteroatoms. The molecule has 1 aromatic carbocycles. The lowest BCUT2D eigenvalue weighted by atomic mass is 10.2. The molecule has 0 radical (unpaired) electrons. The van der Waals surface area contributed by atoms with E-state index in [-0.39, 0.29) is 5.91 Å². The molecule has 2 aromatic rings. The summed E-state index contributed by atoms with van der Waals surface area (Å²) in [6.45, 7) is 3.27. The maximum absolute atomic E-state index is 12.2. The molecule has 0 saturated heterocycles. The summed E-state index contributed by atoms with van der Waals surface area (Å²) in [5.74, 6) is 0.0786. The smallest absolute Gasteiger partial charge is 0.264 e. The minimum absolute atomic E-state index is 0.0786. The number of carbonyl (C=O) groups is 1. The first-order chi connectivity index (χ1) is 8.70. The van der Waals surface area contributed by atoms with Crippen LogP contribution in [0.4, 0.5) is 5.69 Å². The first-order valence-corrected chi connectivity index (χ1v) is 6.76. The van der Waals surface area contributed by atoms with Gasteiger partial charge in [0.15, 0.2) is 0 Å². The Bertz CT molecular complexity index is 522. The standard InChI is InChI=1S/C14H16N2OS/c1-2-16(14(17)13-7-4-8-18-13)10-11-5-3-6-12(15)9-11/h3-9H,2,10,15H2,1H3. The summed E-state index contributed by atoms with van der Waals surface area (Å²) in [6.07, 6.45) is 0. The molecule has 3 nitrogen and oxygen atoms in total. The van der Waals surface area contributed by atoms with Crippen LogP contribution in [-0.2, 0) is 6.54 Å². The van der Waals surface area contributed by atoms with E-state index < -0.39 is 0 Å². The normalized spacial score (nSPS) is 10.3. The third-order valence-corrected chi connectivity index (χ3v) is 3.58. The molecule has 0 spiro atoms. The maximum atomic E-state index is 12.2. The first kappa shape index (κ1) is 12.6. The van der Waals surface area contributed by atoms with Crippen LogP contribution in [-0.4, -0.2) is 17.4 Å². The van der Waals surface area contributed by atoms with E-state index in [0.717, 1.165) is 16.1 Å². The number of carbonyl (C=O) groups excluding carboxylic acids is 1. The molecule has 18 heavy (non-hydrogen) atoms. The summed E-state index contributed by atoms with van der Waals surface area (Å²) in [5.41, 5.74) is 7.53. The Kier molecular flexibility index (Phi) is 3.99. The van der Waals surface area contributed by atoms with E-state index >= 15 is 0 Å². The third kappa shape index (κ3) is 2.90. The molecule has 0 aliphatic carbocycles. The van der Waals surface area contributed by atoms with Gasteiger partial charge >= 0.3 is 0 Å². The Labute approximate surface area is 111 Å². The van der Waals surface area contributed by atoms with Crippen molar-refractivity contribution in [1.29, 1.82) is 0 Å². The number of anilines is 1. The van der Waals surface area contributed by atoms with Crippen LogP contribution in [0.25, 0.3) is 0 Å². The highest BCUT2D eigenvalue weighted by molar-refractivity contribution is 7.12. The van der Waals surface area contributed by atoms with Crippen molar-refractivity contribution in [1.82, 2.24) is 4.90 Å². The zero-order valence-electron chi connectivity index (χ0n) is 10.3. The van der Waals surface area contributed by atoms with Crippen molar-refractivity contribution in [3.8, 4) is 0 Å². The molecule has 0 bridgehead atoms. The van der Waals surface area contributed by atoms with Crippen LogP contribution in [0.3, 0.4) is 0 Å². The van der Waals surface area contributed by atoms with E-state index in [1.165, 1.54) is 11.3 Å². The summed E-state index contributed by atoms with van der Waals surface area (Å²) in [5, 5.41) is 1.92. The molecular formula is C14H16N2OS. The lowest BCUT2D eigenvalue weighted by Gasteiger charge is -2.20. The number of hydrogen-bond acceptors (Lipinski definition) is 3. The number of nitrogens with zero attached hydrogens (tertiary/aromatic N) is 1. The largest absolute Gasteiger partial charge is 0.399 e. The average Bonchev–Trinajstić information content (AvgIpc) is 2.89. The Hall–Kier alpha value is -1.81. The number of hydrogen-bond donors (Lipinski definition) is 1. The molecule has 0 fully saturated rings. The highest BCUT2D eigenvalue weighted by Gasteiger charge is 2.15. The van der Waals surface area contributed by atoms with Crippen molar-refractivity contribution in [3.63, 3.8) is 0 Å². The van der Waals surface area contributed by atoms with Gasteiger partial charge in [-0.15, -0.1) is 11.3 Å². The minimum Gasteiger partial charge on any atom is -0.399 e. The second-order valence-electron chi connectivity index (χ2n) is 4.04. The SMILES string of the molecule is CCN(Cc1cccc(N)c1)C(=O)c1cccs1. The fraction of sp³-hybridized carbons (Fsp3) is 0.214. The quantitative estimate of drug-likeness (QED) is 0.859. The van der Waals surface area contributed by atoms with Crippen molar-refractivity contribution in [2.24, 2.45) is 0 Å². The number of thiophene rings is 1. The molecule has 1 aromatic heterocycles. The van der Waals surface area contributed by atoms with E-state index in [4.69, 9.17) is 5.73 Å². The first-order valence-electron chi connectivity index (χ1n) is 5.88. The third-order valence-electron chi connectivity index (χ3n) is 2.73. The van der Waals surface area contributed by atoms with Gasteiger partial charge in [-0.25, -0.2) is 0 Å². The van der Waals surface area contributed by atoms with Gasteiger partial charge in [0, 0.05) is 18.8 Å². The molecule has 0 aliphatic heterocycles. The van der Waals surface area contributed by atoms with Crippen molar-refractivity contribution in [2.45, 2.75) is 13.5 Å². The lowest BCUT2D eigenvalue weighted by Crippen LogP contribution is -2.29. The zero-order valence-corrected chi connectivity index (χ0v) is 11.1. The van der Waals surface area contributed by atoms with Crippen molar-refractivity contribution in [2.75, 3.05) is 12.3 Å². The number of nitrogens with two attached hydrogens (primary N) is 1. The van der Waals surface area contributed by atoms with Crippen LogP contribution >= 0.6 is 11.3 Å². The molecule has 0 atom stereocenters. The Morgan fingerprint density at radius 1 is 1.33 bits per heavy atom. The second kappa shape index (κ2) is 5.69. The summed E-state index contributed by atoms with van der Waals surface area (Å²) in [4.78, 5) is 14.8. The lowest BCUT2D eigenvalue weighted by molar-refractivity contribution is 0.0757. The molecular weight excluding hydrogens is 244 g/mol. The van der Waals surface area contributed by atoms with Gasteiger partial charge in [0.25, 0.3) is 5.91 Å².